The molecule has 5 heteroatoms. The highest BCUT2D eigenvalue weighted by Crippen LogP contribution is 2.21. The average molecular weight is 268 g/mol. The number of benzene rings is 1. The highest BCUT2D eigenvalue weighted by molar-refractivity contribution is 7.86. The van der Waals surface area contributed by atoms with Crippen LogP contribution in [0.4, 0.5) is 0 Å². The van der Waals surface area contributed by atoms with Crippen molar-refractivity contribution in [2.24, 2.45) is 0 Å². The second-order valence-corrected chi connectivity index (χ2v) is 7.06. The summed E-state index contributed by atoms with van der Waals surface area (Å²) in [4.78, 5) is 0. The van der Waals surface area contributed by atoms with E-state index in [9.17, 15) is 8.42 Å². The van der Waals surface area contributed by atoms with Crippen molar-refractivity contribution in [1.29, 1.82) is 0 Å². The van der Waals surface area contributed by atoms with Gasteiger partial charge in [-0.15, -0.1) is 0 Å². The van der Waals surface area contributed by atoms with Crippen molar-refractivity contribution < 1.29 is 8.42 Å². The molecular formula is C13H20N2O2S. The minimum Gasteiger partial charge on any atom is -0.195 e. The van der Waals surface area contributed by atoms with E-state index in [1.165, 1.54) is 19.7 Å². The van der Waals surface area contributed by atoms with Crippen LogP contribution < -0.4 is 0 Å². The standard InChI is InChI=1S/C13H20N2O2S/c1-10-7-12(3)13(8-11(10)2)9-14(4)18(16,17)15-5-6-15/h7-8H,5-6,9H2,1-4H3. The van der Waals surface area contributed by atoms with Crippen molar-refractivity contribution >= 4 is 10.2 Å². The minimum absolute atomic E-state index is 0.436. The van der Waals surface area contributed by atoms with Gasteiger partial charge in [-0.1, -0.05) is 12.1 Å². The van der Waals surface area contributed by atoms with Crippen molar-refractivity contribution in [1.82, 2.24) is 8.61 Å². The number of hydrogen-bond acceptors (Lipinski definition) is 2. The van der Waals surface area contributed by atoms with E-state index < -0.39 is 10.2 Å². The quantitative estimate of drug-likeness (QED) is 0.778. The lowest BCUT2D eigenvalue weighted by Crippen LogP contribution is -2.32. The summed E-state index contributed by atoms with van der Waals surface area (Å²) in [6.45, 7) is 7.89. The number of rotatable bonds is 4. The smallest absolute Gasteiger partial charge is 0.195 e. The van der Waals surface area contributed by atoms with Crippen LogP contribution >= 0.6 is 0 Å². The molecule has 1 aliphatic heterocycles. The Labute approximate surface area is 109 Å². The molecule has 1 heterocycles. The van der Waals surface area contributed by atoms with Gasteiger partial charge in [-0.2, -0.15) is 17.0 Å². The van der Waals surface area contributed by atoms with Crippen LogP contribution in [0.2, 0.25) is 0 Å². The molecule has 0 unspecified atom stereocenters. The van der Waals surface area contributed by atoms with E-state index in [0.29, 0.717) is 19.6 Å². The molecule has 1 aliphatic rings. The molecule has 0 N–H and O–H groups in total. The van der Waals surface area contributed by atoms with Crippen LogP contribution in [0.5, 0.6) is 0 Å². The van der Waals surface area contributed by atoms with Gasteiger partial charge in [-0.05, 0) is 43.0 Å². The van der Waals surface area contributed by atoms with E-state index in [4.69, 9.17) is 0 Å². The minimum atomic E-state index is -3.24. The topological polar surface area (TPSA) is 40.4 Å². The third-order valence-electron chi connectivity index (χ3n) is 3.47. The van der Waals surface area contributed by atoms with Crippen LogP contribution in [0.3, 0.4) is 0 Å². The van der Waals surface area contributed by atoms with Gasteiger partial charge in [0.15, 0.2) is 0 Å². The summed E-state index contributed by atoms with van der Waals surface area (Å²) in [7, 11) is -1.60. The Kier molecular flexibility index (Phi) is 3.49. The molecule has 0 aliphatic carbocycles. The van der Waals surface area contributed by atoms with Gasteiger partial charge in [0.25, 0.3) is 10.2 Å². The Morgan fingerprint density at radius 3 is 2.22 bits per heavy atom. The molecule has 0 bridgehead atoms. The first kappa shape index (κ1) is 13.5. The van der Waals surface area contributed by atoms with Gasteiger partial charge in [-0.25, -0.2) is 0 Å². The van der Waals surface area contributed by atoms with Gasteiger partial charge in [0.1, 0.15) is 0 Å². The molecular weight excluding hydrogens is 248 g/mol. The fourth-order valence-corrected chi connectivity index (χ4v) is 3.22. The summed E-state index contributed by atoms with van der Waals surface area (Å²) in [6.07, 6.45) is 0. The summed E-state index contributed by atoms with van der Waals surface area (Å²) in [5.41, 5.74) is 4.66. The number of aryl methyl sites for hydroxylation is 3. The molecule has 100 valence electrons. The van der Waals surface area contributed by atoms with Gasteiger partial charge in [-0.3, -0.25) is 0 Å². The molecule has 1 fully saturated rings. The molecule has 1 aromatic rings. The van der Waals surface area contributed by atoms with Crippen LogP contribution in [0.15, 0.2) is 12.1 Å². The second-order valence-electron chi connectivity index (χ2n) is 5.03. The van der Waals surface area contributed by atoms with Crippen molar-refractivity contribution in [3.8, 4) is 0 Å². The van der Waals surface area contributed by atoms with Crippen LogP contribution in [0.1, 0.15) is 22.3 Å². The fourth-order valence-electron chi connectivity index (χ4n) is 1.98. The molecule has 2 rings (SSSR count). The highest BCUT2D eigenvalue weighted by Gasteiger charge is 2.35. The second kappa shape index (κ2) is 4.64. The molecule has 1 aromatic carbocycles. The van der Waals surface area contributed by atoms with Crippen LogP contribution in [0.25, 0.3) is 0 Å². The van der Waals surface area contributed by atoms with Gasteiger partial charge in [0, 0.05) is 26.7 Å². The van der Waals surface area contributed by atoms with Crippen molar-refractivity contribution in [3.63, 3.8) is 0 Å². The SMILES string of the molecule is Cc1cc(C)c(CN(C)S(=O)(=O)N2CC2)cc1C. The van der Waals surface area contributed by atoms with Gasteiger partial charge in [0.05, 0.1) is 0 Å². The third-order valence-corrected chi connectivity index (χ3v) is 5.41. The molecule has 4 nitrogen and oxygen atoms in total. The lowest BCUT2D eigenvalue weighted by molar-refractivity contribution is 0.438. The number of nitrogens with zero attached hydrogens (tertiary/aromatic N) is 2. The molecule has 0 aromatic heterocycles. The Morgan fingerprint density at radius 1 is 1.11 bits per heavy atom. The van der Waals surface area contributed by atoms with Gasteiger partial charge in [0.2, 0.25) is 0 Å². The van der Waals surface area contributed by atoms with Crippen LogP contribution in [-0.4, -0.2) is 37.2 Å². The van der Waals surface area contributed by atoms with Crippen LogP contribution in [-0.2, 0) is 16.8 Å². The normalized spacial score (nSPS) is 16.3. The molecule has 0 spiro atoms. The highest BCUT2D eigenvalue weighted by atomic mass is 32.2. The zero-order valence-electron chi connectivity index (χ0n) is 11.4. The Hall–Kier alpha value is -0.910. The third kappa shape index (κ3) is 2.58. The zero-order valence-corrected chi connectivity index (χ0v) is 12.2. The van der Waals surface area contributed by atoms with Crippen molar-refractivity contribution in [2.45, 2.75) is 27.3 Å². The first-order valence-corrected chi connectivity index (χ1v) is 7.50. The predicted molar refractivity (Wildman–Crippen MR) is 72.6 cm³/mol. The summed E-state index contributed by atoms with van der Waals surface area (Å²) in [5, 5.41) is 0. The monoisotopic (exact) mass is 268 g/mol. The van der Waals surface area contributed by atoms with E-state index in [2.05, 4.69) is 26.0 Å². The first-order valence-electron chi connectivity index (χ1n) is 6.10. The zero-order chi connectivity index (χ0) is 13.5. The van der Waals surface area contributed by atoms with Crippen molar-refractivity contribution in [3.05, 3.63) is 34.4 Å². The lowest BCUT2D eigenvalue weighted by Gasteiger charge is -2.19. The van der Waals surface area contributed by atoms with E-state index in [0.717, 1.165) is 11.1 Å². The Balaban J connectivity index is 2.21. The fraction of sp³-hybridized carbons (Fsp3) is 0.538. The molecule has 0 atom stereocenters. The maximum atomic E-state index is 12.0. The van der Waals surface area contributed by atoms with Gasteiger partial charge < -0.3 is 0 Å². The maximum Gasteiger partial charge on any atom is 0.282 e. The summed E-state index contributed by atoms with van der Waals surface area (Å²) in [6, 6.07) is 4.20. The molecule has 18 heavy (non-hydrogen) atoms. The predicted octanol–water partition coefficient (Wildman–Crippen LogP) is 1.60. The van der Waals surface area contributed by atoms with E-state index in [1.54, 1.807) is 7.05 Å². The first-order chi connectivity index (χ1) is 8.32. The summed E-state index contributed by atoms with van der Waals surface area (Å²) < 4.78 is 26.9. The molecule has 0 radical (unpaired) electrons. The van der Waals surface area contributed by atoms with E-state index in [-0.39, 0.29) is 0 Å². The molecule has 0 saturated carbocycles. The summed E-state index contributed by atoms with van der Waals surface area (Å²) in [5.74, 6) is 0. The van der Waals surface area contributed by atoms with Crippen LogP contribution in [0, 0.1) is 20.8 Å². The van der Waals surface area contributed by atoms with E-state index in [1.807, 2.05) is 6.92 Å². The maximum absolute atomic E-state index is 12.0. The number of hydrogen-bond donors (Lipinski definition) is 0. The van der Waals surface area contributed by atoms with Gasteiger partial charge >= 0.3 is 0 Å². The van der Waals surface area contributed by atoms with Crippen molar-refractivity contribution in [2.75, 3.05) is 20.1 Å². The largest absolute Gasteiger partial charge is 0.282 e. The Morgan fingerprint density at radius 2 is 1.67 bits per heavy atom. The summed E-state index contributed by atoms with van der Waals surface area (Å²) >= 11 is 0. The van der Waals surface area contributed by atoms with E-state index >= 15 is 0 Å². The average Bonchev–Trinajstić information content (AvgIpc) is 3.09. The lowest BCUT2D eigenvalue weighted by atomic mass is 10.0. The Bertz CT molecular complexity index is 563. The molecule has 0 amide bonds. The molecule has 1 saturated heterocycles.